The Morgan fingerprint density at radius 1 is 1.50 bits per heavy atom. The van der Waals surface area contributed by atoms with Crippen LogP contribution in [0.5, 0.6) is 0 Å². The number of nitrogens with one attached hydrogen (secondary N) is 1. The Labute approximate surface area is 106 Å². The Kier molecular flexibility index (Phi) is 4.09. The van der Waals surface area contributed by atoms with Gasteiger partial charge in [-0.2, -0.15) is 4.98 Å². The van der Waals surface area contributed by atoms with Crippen molar-refractivity contribution in [2.45, 2.75) is 12.8 Å². The van der Waals surface area contributed by atoms with Gasteiger partial charge in [0.1, 0.15) is 0 Å². The number of nitrogens with zero attached hydrogens (tertiary/aromatic N) is 2. The Bertz CT molecular complexity index is 454. The molecule has 16 heavy (non-hydrogen) atoms. The van der Waals surface area contributed by atoms with Gasteiger partial charge >= 0.3 is 0 Å². The number of hydrogen-bond donors (Lipinski definition) is 1. The zero-order valence-corrected chi connectivity index (χ0v) is 11.3. The minimum absolute atomic E-state index is 0.676. The number of rotatable bonds is 5. The van der Waals surface area contributed by atoms with Gasteiger partial charge in [0.15, 0.2) is 0 Å². The lowest BCUT2D eigenvalue weighted by Gasteiger charge is -1.93. The highest BCUT2D eigenvalue weighted by atomic mass is 79.9. The molecule has 0 aliphatic rings. The van der Waals surface area contributed by atoms with E-state index in [0.717, 1.165) is 28.0 Å². The van der Waals surface area contributed by atoms with E-state index >= 15 is 0 Å². The molecule has 86 valence electrons. The van der Waals surface area contributed by atoms with Crippen molar-refractivity contribution >= 4 is 27.3 Å². The first-order valence-corrected chi connectivity index (χ1v) is 6.63. The number of halogens is 1. The molecule has 0 fully saturated rings. The Balaban J connectivity index is 2.02. The summed E-state index contributed by atoms with van der Waals surface area (Å²) in [6, 6.07) is 3.97. The lowest BCUT2D eigenvalue weighted by molar-refractivity contribution is 0.375. The third kappa shape index (κ3) is 2.90. The fourth-order valence-electron chi connectivity index (χ4n) is 1.31. The van der Waals surface area contributed by atoms with E-state index in [9.17, 15) is 0 Å². The summed E-state index contributed by atoms with van der Waals surface area (Å²) in [7, 11) is 1.93. The van der Waals surface area contributed by atoms with Crippen molar-refractivity contribution in [2.75, 3.05) is 13.6 Å². The molecule has 0 aliphatic carbocycles. The standard InChI is InChI=1S/C10H12BrN3OS/c1-12-6-2-3-9-13-10(14-15-9)7-4-5-8(11)16-7/h4-5,12H,2-3,6H2,1H3. The van der Waals surface area contributed by atoms with Gasteiger partial charge in [-0.3, -0.25) is 0 Å². The van der Waals surface area contributed by atoms with Crippen LogP contribution in [0.15, 0.2) is 20.4 Å². The summed E-state index contributed by atoms with van der Waals surface area (Å²) in [5.74, 6) is 1.38. The maximum atomic E-state index is 5.18. The second kappa shape index (κ2) is 5.56. The predicted octanol–water partition coefficient (Wildman–Crippen LogP) is 2.71. The maximum Gasteiger partial charge on any atom is 0.227 e. The fourth-order valence-corrected chi connectivity index (χ4v) is 2.62. The Morgan fingerprint density at radius 3 is 3.06 bits per heavy atom. The van der Waals surface area contributed by atoms with Crippen molar-refractivity contribution in [2.24, 2.45) is 0 Å². The molecule has 0 aliphatic heterocycles. The van der Waals surface area contributed by atoms with E-state index in [-0.39, 0.29) is 0 Å². The van der Waals surface area contributed by atoms with Gasteiger partial charge in [0.25, 0.3) is 0 Å². The first-order valence-electron chi connectivity index (χ1n) is 5.02. The molecular formula is C10H12BrN3OS. The molecule has 0 spiro atoms. The SMILES string of the molecule is CNCCCc1nc(-c2ccc(Br)s2)no1. The quantitative estimate of drug-likeness (QED) is 0.863. The van der Waals surface area contributed by atoms with Crippen LogP contribution in [0.4, 0.5) is 0 Å². The lowest BCUT2D eigenvalue weighted by atomic mass is 10.3. The van der Waals surface area contributed by atoms with Gasteiger partial charge in [-0.15, -0.1) is 11.3 Å². The largest absolute Gasteiger partial charge is 0.339 e. The molecule has 0 radical (unpaired) electrons. The summed E-state index contributed by atoms with van der Waals surface area (Å²) in [5.41, 5.74) is 0. The van der Waals surface area contributed by atoms with Crippen molar-refractivity contribution < 1.29 is 4.52 Å². The maximum absolute atomic E-state index is 5.18. The molecule has 4 nitrogen and oxygen atoms in total. The number of thiophene rings is 1. The zero-order chi connectivity index (χ0) is 11.4. The van der Waals surface area contributed by atoms with E-state index in [1.165, 1.54) is 0 Å². The summed E-state index contributed by atoms with van der Waals surface area (Å²) in [5, 5.41) is 7.05. The summed E-state index contributed by atoms with van der Waals surface area (Å²) >= 11 is 5.01. The minimum Gasteiger partial charge on any atom is -0.339 e. The molecule has 2 rings (SSSR count). The van der Waals surface area contributed by atoms with Crippen molar-refractivity contribution in [3.05, 3.63) is 21.8 Å². The molecular weight excluding hydrogens is 290 g/mol. The van der Waals surface area contributed by atoms with E-state index in [4.69, 9.17) is 4.52 Å². The summed E-state index contributed by atoms with van der Waals surface area (Å²) in [6.45, 7) is 0.961. The second-order valence-electron chi connectivity index (χ2n) is 3.32. The van der Waals surface area contributed by atoms with E-state index < -0.39 is 0 Å². The molecule has 0 aromatic carbocycles. The summed E-state index contributed by atoms with van der Waals surface area (Å²) < 4.78 is 6.25. The normalized spacial score (nSPS) is 10.9. The van der Waals surface area contributed by atoms with E-state index in [0.29, 0.717) is 11.7 Å². The van der Waals surface area contributed by atoms with Gasteiger partial charge in [-0.05, 0) is 48.1 Å². The van der Waals surface area contributed by atoms with Crippen LogP contribution in [0.3, 0.4) is 0 Å². The molecule has 2 heterocycles. The van der Waals surface area contributed by atoms with Crippen LogP contribution in [0.2, 0.25) is 0 Å². The molecule has 1 N–H and O–H groups in total. The smallest absolute Gasteiger partial charge is 0.227 e. The van der Waals surface area contributed by atoms with Crippen molar-refractivity contribution in [3.63, 3.8) is 0 Å². The van der Waals surface area contributed by atoms with Crippen LogP contribution in [-0.4, -0.2) is 23.7 Å². The van der Waals surface area contributed by atoms with Gasteiger partial charge in [-0.25, -0.2) is 0 Å². The third-order valence-corrected chi connectivity index (χ3v) is 3.70. The topological polar surface area (TPSA) is 51.0 Å². The molecule has 0 saturated carbocycles. The highest BCUT2D eigenvalue weighted by molar-refractivity contribution is 9.11. The zero-order valence-electron chi connectivity index (χ0n) is 8.86. The minimum atomic E-state index is 0.676. The highest BCUT2D eigenvalue weighted by Crippen LogP contribution is 2.29. The van der Waals surface area contributed by atoms with Gasteiger partial charge in [0.05, 0.1) is 8.66 Å². The van der Waals surface area contributed by atoms with Crippen LogP contribution in [0.25, 0.3) is 10.7 Å². The third-order valence-electron chi connectivity index (χ3n) is 2.08. The van der Waals surface area contributed by atoms with Crippen molar-refractivity contribution in [3.8, 4) is 10.7 Å². The van der Waals surface area contributed by atoms with Crippen LogP contribution >= 0.6 is 27.3 Å². The van der Waals surface area contributed by atoms with E-state index in [1.807, 2.05) is 19.2 Å². The van der Waals surface area contributed by atoms with Crippen molar-refractivity contribution in [1.82, 2.24) is 15.5 Å². The average molecular weight is 302 g/mol. The monoisotopic (exact) mass is 301 g/mol. The first kappa shape index (κ1) is 11.8. The molecule has 0 unspecified atom stereocenters. The molecule has 0 atom stereocenters. The molecule has 2 aromatic heterocycles. The fraction of sp³-hybridized carbons (Fsp3) is 0.400. The number of hydrogen-bond acceptors (Lipinski definition) is 5. The molecule has 2 aromatic rings. The van der Waals surface area contributed by atoms with E-state index in [2.05, 4.69) is 31.4 Å². The first-order chi connectivity index (χ1) is 7.79. The predicted molar refractivity (Wildman–Crippen MR) is 67.6 cm³/mol. The van der Waals surface area contributed by atoms with E-state index in [1.54, 1.807) is 11.3 Å². The second-order valence-corrected chi connectivity index (χ2v) is 5.79. The molecule has 0 saturated heterocycles. The van der Waals surface area contributed by atoms with Crippen molar-refractivity contribution in [1.29, 1.82) is 0 Å². The number of aromatic nitrogens is 2. The van der Waals surface area contributed by atoms with Crippen LogP contribution < -0.4 is 5.32 Å². The molecule has 6 heteroatoms. The molecule has 0 amide bonds. The van der Waals surface area contributed by atoms with Gasteiger partial charge in [0.2, 0.25) is 11.7 Å². The van der Waals surface area contributed by atoms with Crippen LogP contribution in [0.1, 0.15) is 12.3 Å². The van der Waals surface area contributed by atoms with Crippen LogP contribution in [-0.2, 0) is 6.42 Å². The molecule has 0 bridgehead atoms. The highest BCUT2D eigenvalue weighted by Gasteiger charge is 2.09. The summed E-state index contributed by atoms with van der Waals surface area (Å²) in [4.78, 5) is 5.37. The van der Waals surface area contributed by atoms with Gasteiger partial charge < -0.3 is 9.84 Å². The summed E-state index contributed by atoms with van der Waals surface area (Å²) in [6.07, 6.45) is 1.83. The lowest BCUT2D eigenvalue weighted by Crippen LogP contribution is -2.08. The Hall–Kier alpha value is -0.720. The number of aryl methyl sites for hydroxylation is 1. The van der Waals surface area contributed by atoms with Crippen LogP contribution in [0, 0.1) is 0 Å². The Morgan fingerprint density at radius 2 is 2.38 bits per heavy atom. The van der Waals surface area contributed by atoms with Gasteiger partial charge in [0, 0.05) is 6.42 Å². The van der Waals surface area contributed by atoms with Gasteiger partial charge in [-0.1, -0.05) is 5.16 Å². The average Bonchev–Trinajstić information content (AvgIpc) is 2.87.